The van der Waals surface area contributed by atoms with Gasteiger partial charge < -0.3 is 9.64 Å². The summed E-state index contributed by atoms with van der Waals surface area (Å²) in [6.45, 7) is 5.86. The number of aromatic nitrogens is 3. The summed E-state index contributed by atoms with van der Waals surface area (Å²) in [4.78, 5) is 14.2. The van der Waals surface area contributed by atoms with Gasteiger partial charge in [-0.3, -0.25) is 9.36 Å². The number of carbonyl (C=O) groups is 1. The molecule has 0 bridgehead atoms. The second-order valence-electron chi connectivity index (χ2n) is 5.78. The molecule has 2 aromatic rings. The summed E-state index contributed by atoms with van der Waals surface area (Å²) in [5, 5.41) is 9.59. The molecule has 0 amide bonds. The first-order valence-electron chi connectivity index (χ1n) is 8.40. The predicted molar refractivity (Wildman–Crippen MR) is 99.8 cm³/mol. The molecule has 134 valence electrons. The molecule has 1 aromatic carbocycles. The van der Waals surface area contributed by atoms with Crippen molar-refractivity contribution in [2.75, 3.05) is 24.6 Å². The van der Waals surface area contributed by atoms with E-state index in [1.54, 1.807) is 6.92 Å². The van der Waals surface area contributed by atoms with E-state index in [2.05, 4.69) is 15.1 Å². The zero-order valence-corrected chi connectivity index (χ0v) is 15.9. The SMILES string of the molecule is CCOC(=O)C(C)Sc1nnc(N2CCCC2)n1-c1ccccc1Cl. The van der Waals surface area contributed by atoms with Crippen LogP contribution in [0.4, 0.5) is 5.95 Å². The molecule has 0 radical (unpaired) electrons. The molecular weight excluding hydrogens is 360 g/mol. The van der Waals surface area contributed by atoms with Crippen LogP contribution in [0.25, 0.3) is 5.69 Å². The van der Waals surface area contributed by atoms with Crippen molar-refractivity contribution in [3.63, 3.8) is 0 Å². The fourth-order valence-electron chi connectivity index (χ4n) is 2.77. The molecule has 1 unspecified atom stereocenters. The molecule has 1 aromatic heterocycles. The average molecular weight is 381 g/mol. The molecule has 1 aliphatic rings. The number of anilines is 1. The van der Waals surface area contributed by atoms with Gasteiger partial charge in [-0.15, -0.1) is 10.2 Å². The second kappa shape index (κ2) is 8.10. The number of esters is 1. The Labute approximate surface area is 156 Å². The van der Waals surface area contributed by atoms with E-state index in [4.69, 9.17) is 16.3 Å². The van der Waals surface area contributed by atoms with E-state index >= 15 is 0 Å². The maximum Gasteiger partial charge on any atom is 0.319 e. The van der Waals surface area contributed by atoms with Crippen LogP contribution in [0.3, 0.4) is 0 Å². The summed E-state index contributed by atoms with van der Waals surface area (Å²) < 4.78 is 7.04. The quantitative estimate of drug-likeness (QED) is 0.564. The smallest absolute Gasteiger partial charge is 0.319 e. The maximum atomic E-state index is 12.0. The van der Waals surface area contributed by atoms with Crippen LogP contribution >= 0.6 is 23.4 Å². The zero-order valence-electron chi connectivity index (χ0n) is 14.3. The Balaban J connectivity index is 1.98. The van der Waals surface area contributed by atoms with Gasteiger partial charge in [0.2, 0.25) is 5.95 Å². The van der Waals surface area contributed by atoms with Crippen LogP contribution in [0.5, 0.6) is 0 Å². The van der Waals surface area contributed by atoms with E-state index < -0.39 is 0 Å². The van der Waals surface area contributed by atoms with E-state index in [0.717, 1.165) is 37.6 Å². The maximum absolute atomic E-state index is 12.0. The summed E-state index contributed by atoms with van der Waals surface area (Å²) >= 11 is 7.75. The first kappa shape index (κ1) is 18.1. The minimum Gasteiger partial charge on any atom is -0.465 e. The molecule has 25 heavy (non-hydrogen) atoms. The number of carbonyl (C=O) groups excluding carboxylic acids is 1. The minimum absolute atomic E-state index is 0.260. The Morgan fingerprint density at radius 1 is 1.32 bits per heavy atom. The molecule has 0 saturated carbocycles. The van der Waals surface area contributed by atoms with Gasteiger partial charge in [-0.05, 0) is 38.8 Å². The van der Waals surface area contributed by atoms with E-state index in [-0.39, 0.29) is 11.2 Å². The van der Waals surface area contributed by atoms with Crippen molar-refractivity contribution < 1.29 is 9.53 Å². The predicted octanol–water partition coefficient (Wildman–Crippen LogP) is 3.56. The number of halogens is 1. The molecule has 2 heterocycles. The van der Waals surface area contributed by atoms with E-state index in [1.807, 2.05) is 35.8 Å². The van der Waals surface area contributed by atoms with Crippen molar-refractivity contribution in [1.82, 2.24) is 14.8 Å². The fourth-order valence-corrected chi connectivity index (χ4v) is 3.84. The molecule has 3 rings (SSSR count). The molecule has 6 nitrogen and oxygen atoms in total. The van der Waals surface area contributed by atoms with Crippen LogP contribution in [-0.4, -0.2) is 45.7 Å². The van der Waals surface area contributed by atoms with Crippen LogP contribution in [0.1, 0.15) is 26.7 Å². The topological polar surface area (TPSA) is 60.2 Å². The third-order valence-corrected chi connectivity index (χ3v) is 5.34. The first-order chi connectivity index (χ1) is 12.1. The van der Waals surface area contributed by atoms with Gasteiger partial charge in [0.1, 0.15) is 5.25 Å². The molecular formula is C17H21ClN4O2S. The Hall–Kier alpha value is -1.73. The minimum atomic E-state index is -0.378. The highest BCUT2D eigenvalue weighted by Gasteiger charge is 2.26. The fraction of sp³-hybridized carbons (Fsp3) is 0.471. The van der Waals surface area contributed by atoms with Gasteiger partial charge in [0, 0.05) is 13.1 Å². The average Bonchev–Trinajstić information content (AvgIpc) is 3.25. The molecule has 0 spiro atoms. The van der Waals surface area contributed by atoms with Gasteiger partial charge in [0.05, 0.1) is 17.3 Å². The molecule has 8 heteroatoms. The van der Waals surface area contributed by atoms with Crippen molar-refractivity contribution in [2.45, 2.75) is 37.1 Å². The Morgan fingerprint density at radius 3 is 2.72 bits per heavy atom. The number of benzene rings is 1. The lowest BCUT2D eigenvalue weighted by Crippen LogP contribution is -2.22. The summed E-state index contributed by atoms with van der Waals surface area (Å²) in [5.74, 6) is 0.507. The van der Waals surface area contributed by atoms with E-state index in [0.29, 0.717) is 16.8 Å². The number of hydrogen-bond acceptors (Lipinski definition) is 6. The standard InChI is InChI=1S/C17H21ClN4O2S/c1-3-24-15(23)12(2)25-17-20-19-16(21-10-6-7-11-21)22(17)14-9-5-4-8-13(14)18/h4-5,8-9,12H,3,6-7,10-11H2,1-2H3. The van der Waals surface area contributed by atoms with Crippen molar-refractivity contribution >= 4 is 35.3 Å². The number of ether oxygens (including phenoxy) is 1. The Kier molecular flexibility index (Phi) is 5.86. The molecule has 0 N–H and O–H groups in total. The molecule has 1 aliphatic heterocycles. The number of nitrogens with zero attached hydrogens (tertiary/aromatic N) is 4. The van der Waals surface area contributed by atoms with Gasteiger partial charge >= 0.3 is 5.97 Å². The van der Waals surface area contributed by atoms with Gasteiger partial charge in [-0.1, -0.05) is 35.5 Å². The lowest BCUT2D eigenvalue weighted by Gasteiger charge is -2.19. The molecule has 1 saturated heterocycles. The third kappa shape index (κ3) is 3.93. The van der Waals surface area contributed by atoms with Gasteiger partial charge in [-0.2, -0.15) is 0 Å². The summed E-state index contributed by atoms with van der Waals surface area (Å²) in [5.41, 5.74) is 0.814. The Bertz CT molecular complexity index is 746. The monoisotopic (exact) mass is 380 g/mol. The summed E-state index contributed by atoms with van der Waals surface area (Å²) in [7, 11) is 0. The van der Waals surface area contributed by atoms with Crippen molar-refractivity contribution in [3.05, 3.63) is 29.3 Å². The van der Waals surface area contributed by atoms with E-state index in [1.165, 1.54) is 11.8 Å². The van der Waals surface area contributed by atoms with Crippen molar-refractivity contribution in [2.24, 2.45) is 0 Å². The molecule has 1 atom stereocenters. The summed E-state index contributed by atoms with van der Waals surface area (Å²) in [6, 6.07) is 7.59. The normalized spacial score (nSPS) is 15.4. The van der Waals surface area contributed by atoms with Crippen molar-refractivity contribution in [1.29, 1.82) is 0 Å². The third-order valence-electron chi connectivity index (χ3n) is 4.00. The van der Waals surface area contributed by atoms with E-state index in [9.17, 15) is 4.79 Å². The highest BCUT2D eigenvalue weighted by Crippen LogP contribution is 2.33. The molecule has 1 fully saturated rings. The zero-order chi connectivity index (χ0) is 17.8. The van der Waals surface area contributed by atoms with Crippen molar-refractivity contribution in [3.8, 4) is 5.69 Å². The highest BCUT2D eigenvalue weighted by atomic mass is 35.5. The van der Waals surface area contributed by atoms with Gasteiger partial charge in [-0.25, -0.2) is 0 Å². The number of para-hydroxylation sites is 1. The number of hydrogen-bond donors (Lipinski definition) is 0. The van der Waals surface area contributed by atoms with Crippen LogP contribution < -0.4 is 4.90 Å². The highest BCUT2D eigenvalue weighted by molar-refractivity contribution is 8.00. The summed E-state index contributed by atoms with van der Waals surface area (Å²) in [6.07, 6.45) is 2.27. The van der Waals surface area contributed by atoms with Crippen LogP contribution in [-0.2, 0) is 9.53 Å². The van der Waals surface area contributed by atoms with Gasteiger partial charge in [0.25, 0.3) is 0 Å². The van der Waals surface area contributed by atoms with Crippen LogP contribution in [0.2, 0.25) is 5.02 Å². The first-order valence-corrected chi connectivity index (χ1v) is 9.66. The number of rotatable bonds is 6. The second-order valence-corrected chi connectivity index (χ2v) is 7.49. The Morgan fingerprint density at radius 2 is 2.04 bits per heavy atom. The van der Waals surface area contributed by atoms with Gasteiger partial charge in [0.15, 0.2) is 5.16 Å². The van der Waals surface area contributed by atoms with Crippen LogP contribution in [0.15, 0.2) is 29.4 Å². The molecule has 0 aliphatic carbocycles. The number of thioether (sulfide) groups is 1. The van der Waals surface area contributed by atoms with Crippen LogP contribution in [0, 0.1) is 0 Å². The lowest BCUT2D eigenvalue weighted by molar-refractivity contribution is -0.142. The lowest BCUT2D eigenvalue weighted by atomic mass is 10.3. The largest absolute Gasteiger partial charge is 0.465 e.